The zero-order chi connectivity index (χ0) is 13.1. The first kappa shape index (κ1) is 13.4. The van der Waals surface area contributed by atoms with Gasteiger partial charge in [-0.15, -0.1) is 0 Å². The van der Waals surface area contributed by atoms with Crippen molar-refractivity contribution in [2.24, 2.45) is 5.10 Å². The van der Waals surface area contributed by atoms with Crippen LogP contribution in [-0.4, -0.2) is 10.8 Å². The summed E-state index contributed by atoms with van der Waals surface area (Å²) >= 11 is 2.23. The van der Waals surface area contributed by atoms with E-state index in [0.29, 0.717) is 0 Å². The lowest BCUT2D eigenvalue weighted by molar-refractivity contribution is -0.0551. The fourth-order valence-electron chi connectivity index (χ4n) is 0.858. The number of nitrogens with zero attached hydrogens (tertiary/aromatic N) is 2. The Morgan fingerprint density at radius 3 is 2.59 bits per heavy atom. The molecule has 3 nitrogen and oxygen atoms in total. The number of benzene rings is 1. The molecule has 0 aliphatic carbocycles. The fourth-order valence-corrected chi connectivity index (χ4v) is 0.946. The molecule has 1 aromatic rings. The van der Waals surface area contributed by atoms with Gasteiger partial charge in [0.2, 0.25) is 4.62 Å². The maximum absolute atomic E-state index is 12.9. The summed E-state index contributed by atoms with van der Waals surface area (Å²) in [6.07, 6.45) is -4.61. The molecule has 8 heteroatoms. The second kappa shape index (κ2) is 5.14. The van der Waals surface area contributed by atoms with Gasteiger partial charge in [-0.1, -0.05) is 0 Å². The van der Waals surface area contributed by atoms with Gasteiger partial charge >= 0.3 is 6.18 Å². The molecule has 0 aliphatic heterocycles. The number of halogens is 5. The van der Waals surface area contributed by atoms with Crippen molar-refractivity contribution in [3.05, 3.63) is 29.6 Å². The zero-order valence-corrected chi connectivity index (χ0v) is 9.60. The quantitative estimate of drug-likeness (QED) is 0.517. The number of nitrogens with one attached hydrogen (secondary N) is 1. The first-order valence-electron chi connectivity index (χ1n) is 4.10. The van der Waals surface area contributed by atoms with E-state index in [1.165, 1.54) is 0 Å². The molecule has 0 saturated carbocycles. The maximum Gasteiger partial charge on any atom is 0.441 e. The van der Waals surface area contributed by atoms with Crippen LogP contribution in [0.5, 0.6) is 0 Å². The first-order valence-corrected chi connectivity index (χ1v) is 4.90. The molecule has 0 bridgehead atoms. The molecular formula is C9H4BrF4N3. The number of hydrogen-bond donors (Lipinski definition) is 1. The molecule has 0 aliphatic rings. The second-order valence-corrected chi connectivity index (χ2v) is 3.57. The zero-order valence-electron chi connectivity index (χ0n) is 8.02. The SMILES string of the molecule is N#Cc1cc(NN=C(Br)C(F)(F)F)ccc1F. The number of alkyl halides is 3. The molecule has 0 saturated heterocycles. The van der Waals surface area contributed by atoms with Crippen LogP contribution in [-0.2, 0) is 0 Å². The molecule has 90 valence electrons. The van der Waals surface area contributed by atoms with Gasteiger partial charge in [0.05, 0.1) is 11.3 Å². The third-order valence-corrected chi connectivity index (χ3v) is 2.23. The highest BCUT2D eigenvalue weighted by molar-refractivity contribution is 9.18. The van der Waals surface area contributed by atoms with E-state index in [0.717, 1.165) is 18.2 Å². The second-order valence-electron chi connectivity index (χ2n) is 2.82. The van der Waals surface area contributed by atoms with Crippen LogP contribution in [0.4, 0.5) is 23.2 Å². The van der Waals surface area contributed by atoms with Gasteiger partial charge in [0.15, 0.2) is 0 Å². The molecule has 1 aromatic carbocycles. The highest BCUT2D eigenvalue weighted by Crippen LogP contribution is 2.21. The highest BCUT2D eigenvalue weighted by atomic mass is 79.9. The van der Waals surface area contributed by atoms with Gasteiger partial charge in [0.1, 0.15) is 11.9 Å². The summed E-state index contributed by atoms with van der Waals surface area (Å²) in [5.74, 6) is -0.753. The summed E-state index contributed by atoms with van der Waals surface area (Å²) in [4.78, 5) is 0. The van der Waals surface area contributed by atoms with Gasteiger partial charge in [0, 0.05) is 0 Å². The van der Waals surface area contributed by atoms with Gasteiger partial charge in [-0.05, 0) is 34.1 Å². The van der Waals surface area contributed by atoms with Crippen molar-refractivity contribution >= 4 is 26.2 Å². The van der Waals surface area contributed by atoms with E-state index in [1.807, 2.05) is 0 Å². The Hall–Kier alpha value is -1.62. The molecule has 1 N–H and O–H groups in total. The summed E-state index contributed by atoms with van der Waals surface area (Å²) in [6.45, 7) is 0. The Balaban J connectivity index is 2.88. The van der Waals surface area contributed by atoms with Crippen LogP contribution in [0.25, 0.3) is 0 Å². The maximum atomic E-state index is 12.9. The van der Waals surface area contributed by atoms with Crippen molar-refractivity contribution < 1.29 is 17.6 Å². The lowest BCUT2D eigenvalue weighted by Gasteiger charge is -2.05. The smallest absolute Gasteiger partial charge is 0.277 e. The van der Waals surface area contributed by atoms with Crippen LogP contribution < -0.4 is 5.43 Å². The van der Waals surface area contributed by atoms with Crippen LogP contribution in [0, 0.1) is 17.1 Å². The molecule has 0 amide bonds. The molecule has 0 atom stereocenters. The van der Waals surface area contributed by atoms with Gasteiger partial charge < -0.3 is 0 Å². The van der Waals surface area contributed by atoms with Crippen LogP contribution in [0.1, 0.15) is 5.56 Å². The van der Waals surface area contributed by atoms with Crippen LogP contribution in [0.15, 0.2) is 23.3 Å². The number of hydrogen-bond acceptors (Lipinski definition) is 3. The van der Waals surface area contributed by atoms with Crippen molar-refractivity contribution in [2.75, 3.05) is 5.43 Å². The highest BCUT2D eigenvalue weighted by Gasteiger charge is 2.34. The van der Waals surface area contributed by atoms with Crippen molar-refractivity contribution in [1.29, 1.82) is 5.26 Å². The normalized spacial score (nSPS) is 12.1. The minimum absolute atomic E-state index is 0.0733. The average Bonchev–Trinajstić information content (AvgIpc) is 2.26. The predicted octanol–water partition coefficient (Wildman–Crippen LogP) is 3.38. The van der Waals surface area contributed by atoms with Crippen molar-refractivity contribution in [3.8, 4) is 6.07 Å². The third-order valence-electron chi connectivity index (χ3n) is 1.60. The van der Waals surface area contributed by atoms with E-state index >= 15 is 0 Å². The number of rotatable bonds is 2. The number of anilines is 1. The Kier molecular flexibility index (Phi) is 4.07. The van der Waals surface area contributed by atoms with E-state index in [1.54, 1.807) is 6.07 Å². The molecule has 0 unspecified atom stereocenters. The fraction of sp³-hybridized carbons (Fsp3) is 0.111. The molecule has 1 rings (SSSR count). The van der Waals surface area contributed by atoms with Crippen molar-refractivity contribution in [3.63, 3.8) is 0 Å². The molecule has 17 heavy (non-hydrogen) atoms. The standard InChI is InChI=1S/C9H4BrF4N3/c10-8(9(12,13)14)17-16-6-1-2-7(11)5(3-6)4-15/h1-3,16H. The van der Waals surface area contributed by atoms with Gasteiger partial charge in [0.25, 0.3) is 0 Å². The van der Waals surface area contributed by atoms with Crippen molar-refractivity contribution in [1.82, 2.24) is 0 Å². The van der Waals surface area contributed by atoms with E-state index in [-0.39, 0.29) is 11.3 Å². The lowest BCUT2D eigenvalue weighted by Crippen LogP contribution is -2.17. The van der Waals surface area contributed by atoms with E-state index < -0.39 is 16.6 Å². The molecule has 0 heterocycles. The Bertz CT molecular complexity index is 490. The van der Waals surface area contributed by atoms with Crippen LogP contribution in [0.3, 0.4) is 0 Å². The van der Waals surface area contributed by atoms with E-state index in [9.17, 15) is 17.6 Å². The van der Waals surface area contributed by atoms with Crippen LogP contribution >= 0.6 is 15.9 Å². The summed E-state index contributed by atoms with van der Waals surface area (Å²) in [6, 6.07) is 4.73. The Morgan fingerprint density at radius 2 is 2.06 bits per heavy atom. The summed E-state index contributed by atoms with van der Waals surface area (Å²) in [5.41, 5.74) is 1.85. The minimum Gasteiger partial charge on any atom is -0.277 e. The molecule has 0 spiro atoms. The summed E-state index contributed by atoms with van der Waals surface area (Å²) < 4.78 is 47.7. The minimum atomic E-state index is -4.61. The van der Waals surface area contributed by atoms with Gasteiger partial charge in [-0.25, -0.2) is 4.39 Å². The Morgan fingerprint density at radius 1 is 1.41 bits per heavy atom. The number of hydrazone groups is 1. The third kappa shape index (κ3) is 3.71. The topological polar surface area (TPSA) is 48.2 Å². The molecule has 0 fully saturated rings. The summed E-state index contributed by atoms with van der Waals surface area (Å²) in [7, 11) is 0. The lowest BCUT2D eigenvalue weighted by atomic mass is 10.2. The van der Waals surface area contributed by atoms with E-state index in [2.05, 4.69) is 26.5 Å². The van der Waals surface area contributed by atoms with E-state index in [4.69, 9.17) is 5.26 Å². The molecule has 0 radical (unpaired) electrons. The predicted molar refractivity (Wildman–Crippen MR) is 57.2 cm³/mol. The van der Waals surface area contributed by atoms with Gasteiger partial charge in [-0.2, -0.15) is 23.5 Å². The van der Waals surface area contributed by atoms with Crippen LogP contribution in [0.2, 0.25) is 0 Å². The number of nitriles is 1. The first-order chi connectivity index (χ1) is 7.84. The molecular weight excluding hydrogens is 306 g/mol. The average molecular weight is 310 g/mol. The van der Waals surface area contributed by atoms with Crippen molar-refractivity contribution in [2.45, 2.75) is 6.18 Å². The molecule has 0 aromatic heterocycles. The Labute approximate surface area is 102 Å². The van der Waals surface area contributed by atoms with Gasteiger partial charge in [-0.3, -0.25) is 5.43 Å². The summed E-state index contributed by atoms with van der Waals surface area (Å²) in [5, 5.41) is 11.5. The largest absolute Gasteiger partial charge is 0.441 e. The monoisotopic (exact) mass is 309 g/mol.